The first-order valence-corrected chi connectivity index (χ1v) is 6.90. The van der Waals surface area contributed by atoms with Crippen molar-refractivity contribution in [2.45, 2.75) is 37.9 Å². The second kappa shape index (κ2) is 4.56. The molecule has 106 valence electrons. The van der Waals surface area contributed by atoms with Gasteiger partial charge in [-0.3, -0.25) is 20.2 Å². The Hall–Kier alpha value is -1.95. The summed E-state index contributed by atoms with van der Waals surface area (Å²) in [6.07, 6.45) is 2.34. The van der Waals surface area contributed by atoms with Crippen molar-refractivity contribution in [2.75, 3.05) is 6.54 Å². The van der Waals surface area contributed by atoms with Gasteiger partial charge in [0, 0.05) is 18.7 Å². The summed E-state index contributed by atoms with van der Waals surface area (Å²) < 4.78 is 0. The van der Waals surface area contributed by atoms with E-state index in [0.717, 1.165) is 24.8 Å². The van der Waals surface area contributed by atoms with Crippen LogP contribution in [0.5, 0.6) is 0 Å². The number of non-ortho nitro benzene ring substituents is 1. The van der Waals surface area contributed by atoms with E-state index in [2.05, 4.69) is 5.32 Å². The lowest BCUT2D eigenvalue weighted by Crippen LogP contribution is -2.32. The molecule has 1 saturated carbocycles. The first-order valence-electron chi connectivity index (χ1n) is 6.90. The number of benzene rings is 1. The molecular weight excluding hydrogens is 258 g/mol. The van der Waals surface area contributed by atoms with E-state index in [4.69, 9.17) is 0 Å². The predicted molar refractivity (Wildman–Crippen MR) is 72.9 cm³/mol. The van der Waals surface area contributed by atoms with Crippen LogP contribution in [0.2, 0.25) is 0 Å². The molecule has 6 nitrogen and oxygen atoms in total. The quantitative estimate of drug-likeness (QED) is 0.673. The number of nitrogens with zero attached hydrogens (tertiary/aromatic N) is 2. The SMILES string of the molecule is CCCN1C(=O)C2(CC2)NC1c1cccc([N+](=O)[O-])c1. The van der Waals surface area contributed by atoms with Crippen molar-refractivity contribution in [1.82, 2.24) is 10.2 Å². The van der Waals surface area contributed by atoms with E-state index in [-0.39, 0.29) is 17.8 Å². The average molecular weight is 275 g/mol. The summed E-state index contributed by atoms with van der Waals surface area (Å²) in [5.41, 5.74) is 0.444. The Labute approximate surface area is 116 Å². The van der Waals surface area contributed by atoms with E-state index in [9.17, 15) is 14.9 Å². The van der Waals surface area contributed by atoms with Gasteiger partial charge in [0.1, 0.15) is 11.7 Å². The minimum Gasteiger partial charge on any atom is -0.321 e. The second-order valence-corrected chi connectivity index (χ2v) is 5.48. The molecule has 2 aliphatic rings. The molecule has 1 spiro atoms. The number of carbonyl (C=O) groups excluding carboxylic acids is 1. The molecule has 6 heteroatoms. The van der Waals surface area contributed by atoms with Crippen LogP contribution >= 0.6 is 0 Å². The number of rotatable bonds is 4. The molecule has 1 aromatic carbocycles. The van der Waals surface area contributed by atoms with Gasteiger partial charge in [0.25, 0.3) is 5.69 Å². The fourth-order valence-corrected chi connectivity index (χ4v) is 2.82. The van der Waals surface area contributed by atoms with Gasteiger partial charge in [-0.2, -0.15) is 0 Å². The molecule has 2 fully saturated rings. The Bertz CT molecular complexity index is 569. The highest BCUT2D eigenvalue weighted by Crippen LogP contribution is 2.46. The Balaban J connectivity index is 1.93. The molecule has 1 N–H and O–H groups in total. The third-order valence-corrected chi connectivity index (χ3v) is 4.01. The van der Waals surface area contributed by atoms with Crippen LogP contribution in [0.1, 0.15) is 37.9 Å². The van der Waals surface area contributed by atoms with Crippen LogP contribution in [-0.4, -0.2) is 27.8 Å². The van der Waals surface area contributed by atoms with Gasteiger partial charge in [0.05, 0.1) is 4.92 Å². The van der Waals surface area contributed by atoms with Crippen LogP contribution in [0, 0.1) is 10.1 Å². The maximum absolute atomic E-state index is 12.4. The van der Waals surface area contributed by atoms with Crippen molar-refractivity contribution < 1.29 is 9.72 Å². The normalized spacial score (nSPS) is 23.4. The molecule has 1 heterocycles. The summed E-state index contributed by atoms with van der Waals surface area (Å²) in [4.78, 5) is 24.7. The van der Waals surface area contributed by atoms with Crippen molar-refractivity contribution in [3.8, 4) is 0 Å². The summed E-state index contributed by atoms with van der Waals surface area (Å²) in [7, 11) is 0. The maximum Gasteiger partial charge on any atom is 0.269 e. The summed E-state index contributed by atoms with van der Waals surface area (Å²) >= 11 is 0. The fourth-order valence-electron chi connectivity index (χ4n) is 2.82. The van der Waals surface area contributed by atoms with Crippen LogP contribution in [0.4, 0.5) is 5.69 Å². The number of amides is 1. The molecule has 1 atom stereocenters. The smallest absolute Gasteiger partial charge is 0.269 e. The topological polar surface area (TPSA) is 75.5 Å². The Morgan fingerprint density at radius 1 is 1.50 bits per heavy atom. The summed E-state index contributed by atoms with van der Waals surface area (Å²) in [6, 6.07) is 6.52. The second-order valence-electron chi connectivity index (χ2n) is 5.48. The minimum atomic E-state index is -0.405. The Kier molecular flexibility index (Phi) is 2.97. The summed E-state index contributed by atoms with van der Waals surface area (Å²) in [5, 5.41) is 14.2. The van der Waals surface area contributed by atoms with Gasteiger partial charge in [-0.25, -0.2) is 0 Å². The molecule has 20 heavy (non-hydrogen) atoms. The Morgan fingerprint density at radius 2 is 2.25 bits per heavy atom. The molecule has 1 aliphatic heterocycles. The zero-order valence-corrected chi connectivity index (χ0v) is 11.3. The highest BCUT2D eigenvalue weighted by atomic mass is 16.6. The molecular formula is C14H17N3O3. The number of hydrogen-bond donors (Lipinski definition) is 1. The van der Waals surface area contributed by atoms with E-state index in [1.165, 1.54) is 6.07 Å². The van der Waals surface area contributed by atoms with Gasteiger partial charge < -0.3 is 4.90 Å². The van der Waals surface area contributed by atoms with E-state index < -0.39 is 10.5 Å². The van der Waals surface area contributed by atoms with Crippen molar-refractivity contribution in [3.05, 3.63) is 39.9 Å². The molecule has 1 unspecified atom stereocenters. The number of nitro groups is 1. The van der Waals surface area contributed by atoms with Crippen molar-refractivity contribution in [2.24, 2.45) is 0 Å². The van der Waals surface area contributed by atoms with E-state index in [0.29, 0.717) is 6.54 Å². The van der Waals surface area contributed by atoms with Crippen LogP contribution in [0.3, 0.4) is 0 Å². The Morgan fingerprint density at radius 3 is 2.85 bits per heavy atom. The molecule has 0 radical (unpaired) electrons. The lowest BCUT2D eigenvalue weighted by Gasteiger charge is -2.23. The van der Waals surface area contributed by atoms with Gasteiger partial charge in [-0.1, -0.05) is 19.1 Å². The van der Waals surface area contributed by atoms with Gasteiger partial charge in [0.2, 0.25) is 5.91 Å². The number of nitro benzene ring substituents is 1. The predicted octanol–water partition coefficient (Wildman–Crippen LogP) is 1.97. The molecule has 1 aliphatic carbocycles. The van der Waals surface area contributed by atoms with Crippen molar-refractivity contribution in [3.63, 3.8) is 0 Å². The minimum absolute atomic E-state index is 0.0601. The third-order valence-electron chi connectivity index (χ3n) is 4.01. The zero-order chi connectivity index (χ0) is 14.3. The third kappa shape index (κ3) is 1.96. The van der Waals surface area contributed by atoms with E-state index in [1.807, 2.05) is 17.9 Å². The number of nitrogens with one attached hydrogen (secondary N) is 1. The summed E-state index contributed by atoms with van der Waals surface area (Å²) in [6.45, 7) is 2.69. The molecule has 0 bridgehead atoms. The van der Waals surface area contributed by atoms with Gasteiger partial charge in [0.15, 0.2) is 0 Å². The highest BCUT2D eigenvalue weighted by Gasteiger charge is 2.59. The molecule has 3 rings (SSSR count). The highest BCUT2D eigenvalue weighted by molar-refractivity contribution is 5.92. The fraction of sp³-hybridized carbons (Fsp3) is 0.500. The lowest BCUT2D eigenvalue weighted by atomic mass is 10.1. The van der Waals surface area contributed by atoms with Gasteiger partial charge in [-0.15, -0.1) is 0 Å². The standard InChI is InChI=1S/C14H17N3O3/c1-2-8-16-12(15-14(6-7-14)13(16)18)10-4-3-5-11(9-10)17(19)20/h3-5,9,12,15H,2,6-8H2,1H3. The first kappa shape index (κ1) is 13.1. The van der Waals surface area contributed by atoms with Crippen LogP contribution in [0.25, 0.3) is 0 Å². The number of hydrogen-bond acceptors (Lipinski definition) is 4. The maximum atomic E-state index is 12.4. The van der Waals surface area contributed by atoms with Gasteiger partial charge >= 0.3 is 0 Å². The van der Waals surface area contributed by atoms with Crippen LogP contribution < -0.4 is 5.32 Å². The summed E-state index contributed by atoms with van der Waals surface area (Å²) in [5.74, 6) is 0.135. The average Bonchev–Trinajstić information content (AvgIpc) is 3.17. The molecule has 0 aromatic heterocycles. The van der Waals surface area contributed by atoms with Crippen molar-refractivity contribution in [1.29, 1.82) is 0 Å². The monoisotopic (exact) mass is 275 g/mol. The number of carbonyl (C=O) groups is 1. The largest absolute Gasteiger partial charge is 0.321 e. The van der Waals surface area contributed by atoms with Crippen LogP contribution in [0.15, 0.2) is 24.3 Å². The first-order chi connectivity index (χ1) is 9.57. The molecule has 1 amide bonds. The van der Waals surface area contributed by atoms with Crippen molar-refractivity contribution >= 4 is 11.6 Å². The van der Waals surface area contributed by atoms with E-state index in [1.54, 1.807) is 12.1 Å². The van der Waals surface area contributed by atoms with Gasteiger partial charge in [-0.05, 0) is 24.8 Å². The molecule has 1 aromatic rings. The lowest BCUT2D eigenvalue weighted by molar-refractivity contribution is -0.385. The van der Waals surface area contributed by atoms with Crippen LogP contribution in [-0.2, 0) is 4.79 Å². The zero-order valence-electron chi connectivity index (χ0n) is 11.3. The molecule has 1 saturated heterocycles. The van der Waals surface area contributed by atoms with E-state index >= 15 is 0 Å².